The van der Waals surface area contributed by atoms with Gasteiger partial charge in [-0.05, 0) is 36.8 Å². The molecule has 0 aliphatic heterocycles. The quantitative estimate of drug-likeness (QED) is 0.860. The maximum atomic E-state index is 11.5. The lowest BCUT2D eigenvalue weighted by atomic mass is 10.0. The highest BCUT2D eigenvalue weighted by Crippen LogP contribution is 2.30. The Morgan fingerprint density at radius 1 is 1.05 bits per heavy atom. The first-order valence-electron chi connectivity index (χ1n) is 6.92. The minimum atomic E-state index is -0.112. The largest absolute Gasteiger partial charge is 0.377 e. The van der Waals surface area contributed by atoms with E-state index in [1.54, 1.807) is 6.08 Å². The Balaban J connectivity index is 2.25. The molecule has 0 bridgehead atoms. The van der Waals surface area contributed by atoms with Gasteiger partial charge in [-0.25, -0.2) is 0 Å². The highest BCUT2D eigenvalue weighted by atomic mass is 16.1. The van der Waals surface area contributed by atoms with Crippen LogP contribution >= 0.6 is 0 Å². The van der Waals surface area contributed by atoms with Gasteiger partial charge in [0.15, 0.2) is 0 Å². The van der Waals surface area contributed by atoms with E-state index < -0.39 is 0 Å². The highest BCUT2D eigenvalue weighted by molar-refractivity contribution is 5.99. The fourth-order valence-corrected chi connectivity index (χ4v) is 2.18. The molecule has 0 spiro atoms. The second kappa shape index (κ2) is 6.75. The Hall–Kier alpha value is -2.55. The van der Waals surface area contributed by atoms with E-state index in [0.29, 0.717) is 0 Å². The molecule has 2 rings (SSSR count). The number of amides is 1. The summed E-state index contributed by atoms with van der Waals surface area (Å²) in [4.78, 5) is 13.6. The normalized spacial score (nSPS) is 10.6. The number of anilines is 2. The molecule has 3 heteroatoms. The summed E-state index contributed by atoms with van der Waals surface area (Å²) in [5.41, 5.74) is 4.27. The van der Waals surface area contributed by atoms with E-state index in [9.17, 15) is 4.79 Å². The molecule has 108 valence electrons. The van der Waals surface area contributed by atoms with Crippen LogP contribution in [0.2, 0.25) is 0 Å². The molecule has 0 radical (unpaired) electrons. The Morgan fingerprint density at radius 2 is 1.71 bits per heavy atom. The van der Waals surface area contributed by atoms with Crippen LogP contribution in [0.4, 0.5) is 11.4 Å². The van der Waals surface area contributed by atoms with Gasteiger partial charge in [0, 0.05) is 31.0 Å². The number of nitrogens with zero attached hydrogens (tertiary/aromatic N) is 1. The van der Waals surface area contributed by atoms with E-state index in [1.807, 2.05) is 57.4 Å². The lowest BCUT2D eigenvalue weighted by Gasteiger charge is -2.17. The highest BCUT2D eigenvalue weighted by Gasteiger charge is 2.06. The first kappa shape index (κ1) is 14.9. The lowest BCUT2D eigenvalue weighted by Crippen LogP contribution is -2.10. The number of nitrogens with one attached hydrogen (secondary N) is 1. The van der Waals surface area contributed by atoms with Crippen LogP contribution in [0.3, 0.4) is 0 Å². The zero-order valence-corrected chi connectivity index (χ0v) is 12.6. The van der Waals surface area contributed by atoms with Crippen molar-refractivity contribution in [1.29, 1.82) is 0 Å². The molecule has 0 aliphatic rings. The molecular weight excluding hydrogens is 260 g/mol. The van der Waals surface area contributed by atoms with Crippen LogP contribution in [0.15, 0.2) is 60.7 Å². The summed E-state index contributed by atoms with van der Waals surface area (Å²) in [6, 6.07) is 16.1. The molecule has 1 N–H and O–H groups in total. The standard InChI is InChI=1S/C18H20N2O/c1-4-7-18(21)19-15-12-10-14(11-13-15)16-8-5-6-9-17(16)20(2)3/h4-13H,1-3H3,(H,19,21)/b7-4+. The van der Waals surface area contributed by atoms with Gasteiger partial charge in [-0.2, -0.15) is 0 Å². The van der Waals surface area contributed by atoms with Gasteiger partial charge in [-0.15, -0.1) is 0 Å². The van der Waals surface area contributed by atoms with Crippen molar-refractivity contribution < 1.29 is 4.79 Å². The molecule has 0 fully saturated rings. The maximum absolute atomic E-state index is 11.5. The number of carbonyl (C=O) groups excluding carboxylic acids is 1. The first-order valence-corrected chi connectivity index (χ1v) is 6.92. The Morgan fingerprint density at radius 3 is 2.33 bits per heavy atom. The molecule has 2 aromatic carbocycles. The van der Waals surface area contributed by atoms with Gasteiger partial charge in [0.2, 0.25) is 5.91 Å². The summed E-state index contributed by atoms with van der Waals surface area (Å²) in [6.07, 6.45) is 3.23. The zero-order valence-electron chi connectivity index (χ0n) is 12.6. The number of hydrogen-bond acceptors (Lipinski definition) is 2. The Labute approximate surface area is 125 Å². The van der Waals surface area contributed by atoms with Crippen LogP contribution in [-0.2, 0) is 4.79 Å². The summed E-state index contributed by atoms with van der Waals surface area (Å²) in [6.45, 7) is 1.82. The molecule has 2 aromatic rings. The molecule has 1 amide bonds. The molecular formula is C18H20N2O. The van der Waals surface area contributed by atoms with Crippen LogP contribution in [0.5, 0.6) is 0 Å². The van der Waals surface area contributed by atoms with Gasteiger partial charge in [-0.1, -0.05) is 36.4 Å². The van der Waals surface area contributed by atoms with E-state index in [2.05, 4.69) is 22.3 Å². The molecule has 3 nitrogen and oxygen atoms in total. The van der Waals surface area contributed by atoms with Crippen molar-refractivity contribution >= 4 is 17.3 Å². The summed E-state index contributed by atoms with van der Waals surface area (Å²) in [5, 5.41) is 2.82. The molecule has 0 unspecified atom stereocenters. The number of allylic oxidation sites excluding steroid dienone is 1. The average molecular weight is 280 g/mol. The first-order chi connectivity index (χ1) is 10.1. The van der Waals surface area contributed by atoms with E-state index in [1.165, 1.54) is 17.3 Å². The van der Waals surface area contributed by atoms with E-state index in [0.717, 1.165) is 11.3 Å². The monoisotopic (exact) mass is 280 g/mol. The summed E-state index contributed by atoms with van der Waals surface area (Å²) in [7, 11) is 4.06. The number of para-hydroxylation sites is 1. The van der Waals surface area contributed by atoms with Crippen LogP contribution < -0.4 is 10.2 Å². The third kappa shape index (κ3) is 3.72. The molecule has 0 aromatic heterocycles. The lowest BCUT2D eigenvalue weighted by molar-refractivity contribution is -0.111. The number of rotatable bonds is 4. The van der Waals surface area contributed by atoms with Gasteiger partial charge in [0.05, 0.1) is 0 Å². The third-order valence-electron chi connectivity index (χ3n) is 3.17. The molecule has 0 saturated heterocycles. The third-order valence-corrected chi connectivity index (χ3v) is 3.17. The van der Waals surface area contributed by atoms with Crippen LogP contribution in [-0.4, -0.2) is 20.0 Å². The molecule has 0 atom stereocenters. The van der Waals surface area contributed by atoms with Crippen molar-refractivity contribution in [2.24, 2.45) is 0 Å². The zero-order chi connectivity index (χ0) is 15.2. The van der Waals surface area contributed by atoms with Gasteiger partial charge in [0.1, 0.15) is 0 Å². The summed E-state index contributed by atoms with van der Waals surface area (Å²) >= 11 is 0. The van der Waals surface area contributed by atoms with Crippen molar-refractivity contribution in [3.05, 3.63) is 60.7 Å². The minimum Gasteiger partial charge on any atom is -0.377 e. The van der Waals surface area contributed by atoms with Crippen molar-refractivity contribution in [3.8, 4) is 11.1 Å². The maximum Gasteiger partial charge on any atom is 0.248 e. The van der Waals surface area contributed by atoms with Gasteiger partial charge < -0.3 is 10.2 Å². The Kier molecular flexibility index (Phi) is 4.77. The van der Waals surface area contributed by atoms with Crippen molar-refractivity contribution in [3.63, 3.8) is 0 Å². The van der Waals surface area contributed by atoms with Crippen LogP contribution in [0.1, 0.15) is 6.92 Å². The van der Waals surface area contributed by atoms with Crippen molar-refractivity contribution in [2.75, 3.05) is 24.3 Å². The van der Waals surface area contributed by atoms with Crippen LogP contribution in [0.25, 0.3) is 11.1 Å². The Bertz CT molecular complexity index is 643. The van der Waals surface area contributed by atoms with Crippen molar-refractivity contribution in [2.45, 2.75) is 6.92 Å². The van der Waals surface area contributed by atoms with Gasteiger partial charge in [-0.3, -0.25) is 4.79 Å². The molecule has 21 heavy (non-hydrogen) atoms. The fourth-order valence-electron chi connectivity index (χ4n) is 2.18. The number of benzene rings is 2. The van der Waals surface area contributed by atoms with E-state index in [4.69, 9.17) is 0 Å². The fraction of sp³-hybridized carbons (Fsp3) is 0.167. The van der Waals surface area contributed by atoms with Gasteiger partial charge in [0.25, 0.3) is 0 Å². The molecule has 0 heterocycles. The second-order valence-corrected chi connectivity index (χ2v) is 4.98. The number of hydrogen-bond donors (Lipinski definition) is 1. The van der Waals surface area contributed by atoms with E-state index in [-0.39, 0.29) is 5.91 Å². The predicted octanol–water partition coefficient (Wildman–Crippen LogP) is 3.93. The summed E-state index contributed by atoms with van der Waals surface area (Å²) in [5.74, 6) is -0.112. The topological polar surface area (TPSA) is 32.3 Å². The second-order valence-electron chi connectivity index (χ2n) is 4.98. The van der Waals surface area contributed by atoms with Crippen LogP contribution in [0, 0.1) is 0 Å². The molecule has 0 aliphatic carbocycles. The number of carbonyl (C=O) groups is 1. The van der Waals surface area contributed by atoms with E-state index >= 15 is 0 Å². The van der Waals surface area contributed by atoms with Gasteiger partial charge >= 0.3 is 0 Å². The van der Waals surface area contributed by atoms with Crippen molar-refractivity contribution in [1.82, 2.24) is 0 Å². The minimum absolute atomic E-state index is 0.112. The predicted molar refractivity (Wildman–Crippen MR) is 89.6 cm³/mol. The smallest absolute Gasteiger partial charge is 0.248 e. The summed E-state index contributed by atoms with van der Waals surface area (Å²) < 4.78 is 0. The molecule has 0 saturated carbocycles. The average Bonchev–Trinajstić information content (AvgIpc) is 2.48. The SMILES string of the molecule is C/C=C/C(=O)Nc1ccc(-c2ccccc2N(C)C)cc1.